The Labute approximate surface area is 194 Å². The van der Waals surface area contributed by atoms with Gasteiger partial charge in [-0.15, -0.1) is 0 Å². The van der Waals surface area contributed by atoms with E-state index >= 15 is 0 Å². The van der Waals surface area contributed by atoms with Crippen molar-refractivity contribution in [3.63, 3.8) is 0 Å². The summed E-state index contributed by atoms with van der Waals surface area (Å²) < 4.78 is 32.9. The van der Waals surface area contributed by atoms with Crippen LogP contribution < -0.4 is 4.90 Å². The number of aromatic nitrogens is 2. The maximum Gasteiger partial charge on any atom is 0.243 e. The average Bonchev–Trinajstić information content (AvgIpc) is 3.26. The summed E-state index contributed by atoms with van der Waals surface area (Å²) in [4.78, 5) is 18.1. The molecule has 4 rings (SSSR count). The number of carbonyl (C=O) groups excluding carboxylic acids is 1. The van der Waals surface area contributed by atoms with E-state index in [9.17, 15) is 13.2 Å². The topological polar surface area (TPSA) is 96.6 Å². The normalized spacial score (nSPS) is 14.1. The van der Waals surface area contributed by atoms with Gasteiger partial charge in [0.15, 0.2) is 0 Å². The van der Waals surface area contributed by atoms with Crippen molar-refractivity contribution in [2.45, 2.75) is 51.0 Å². The first-order valence-electron chi connectivity index (χ1n) is 11.0. The third-order valence-electron chi connectivity index (χ3n) is 5.92. The Balaban J connectivity index is 1.52. The van der Waals surface area contributed by atoms with Crippen molar-refractivity contribution in [1.29, 1.82) is 0 Å². The van der Waals surface area contributed by atoms with E-state index in [1.807, 2.05) is 24.3 Å². The molecule has 1 aliphatic heterocycles. The molecule has 0 bridgehead atoms. The zero-order valence-corrected chi connectivity index (χ0v) is 20.1. The minimum atomic E-state index is -3.78. The SMILES string of the molecule is CC(=O)N1CCCc2cc(S(=O)(=O)N(C)Cc3nc(-c4ccc(C(C)C)cc4)no3)ccc21. The quantitative estimate of drug-likeness (QED) is 0.543. The van der Waals surface area contributed by atoms with E-state index in [-0.39, 0.29) is 23.2 Å². The number of hydrogen-bond donors (Lipinski definition) is 0. The maximum absolute atomic E-state index is 13.2. The second-order valence-electron chi connectivity index (χ2n) is 8.61. The van der Waals surface area contributed by atoms with Gasteiger partial charge in [-0.3, -0.25) is 4.79 Å². The van der Waals surface area contributed by atoms with Gasteiger partial charge in [-0.05, 0) is 48.1 Å². The molecular weight excluding hydrogens is 440 g/mol. The van der Waals surface area contributed by atoms with Crippen LogP contribution in [0.4, 0.5) is 5.69 Å². The van der Waals surface area contributed by atoms with Crippen molar-refractivity contribution in [2.24, 2.45) is 0 Å². The van der Waals surface area contributed by atoms with Gasteiger partial charge in [0.05, 0.1) is 11.4 Å². The van der Waals surface area contributed by atoms with Gasteiger partial charge in [0, 0.05) is 31.8 Å². The lowest BCUT2D eigenvalue weighted by molar-refractivity contribution is -0.116. The lowest BCUT2D eigenvalue weighted by atomic mass is 10.0. The number of nitrogens with zero attached hydrogens (tertiary/aromatic N) is 4. The number of amides is 1. The summed E-state index contributed by atoms with van der Waals surface area (Å²) in [5.41, 5.74) is 3.66. The van der Waals surface area contributed by atoms with Crippen LogP contribution in [-0.4, -0.2) is 42.4 Å². The standard InChI is InChI=1S/C24H28N4O4S/c1-16(2)18-7-9-19(10-8-18)24-25-23(32-26-24)15-27(4)33(30,31)21-11-12-22-20(14-21)6-5-13-28(22)17(3)29/h7-12,14,16H,5-6,13,15H2,1-4H3. The lowest BCUT2D eigenvalue weighted by Gasteiger charge is -2.29. The first kappa shape index (κ1) is 23.1. The zero-order chi connectivity index (χ0) is 23.8. The Morgan fingerprint density at radius 2 is 1.91 bits per heavy atom. The first-order valence-corrected chi connectivity index (χ1v) is 12.4. The maximum atomic E-state index is 13.2. The van der Waals surface area contributed by atoms with Crippen LogP contribution in [0.25, 0.3) is 11.4 Å². The second-order valence-corrected chi connectivity index (χ2v) is 10.7. The fraction of sp³-hybridized carbons (Fsp3) is 0.375. The first-order chi connectivity index (χ1) is 15.7. The largest absolute Gasteiger partial charge is 0.338 e. The van der Waals surface area contributed by atoms with Crippen molar-refractivity contribution in [2.75, 3.05) is 18.5 Å². The monoisotopic (exact) mass is 468 g/mol. The number of hydrogen-bond acceptors (Lipinski definition) is 6. The third kappa shape index (κ3) is 4.69. The lowest BCUT2D eigenvalue weighted by Crippen LogP contribution is -2.34. The minimum Gasteiger partial charge on any atom is -0.338 e. The number of anilines is 1. The zero-order valence-electron chi connectivity index (χ0n) is 19.3. The number of fused-ring (bicyclic) bond motifs is 1. The highest BCUT2D eigenvalue weighted by atomic mass is 32.2. The Morgan fingerprint density at radius 1 is 1.18 bits per heavy atom. The molecule has 0 N–H and O–H groups in total. The van der Waals surface area contributed by atoms with Gasteiger partial charge < -0.3 is 9.42 Å². The highest BCUT2D eigenvalue weighted by molar-refractivity contribution is 7.89. The summed E-state index contributed by atoms with van der Waals surface area (Å²) in [6, 6.07) is 12.8. The summed E-state index contributed by atoms with van der Waals surface area (Å²) in [6.45, 7) is 6.37. The van der Waals surface area contributed by atoms with Crippen LogP contribution in [0.2, 0.25) is 0 Å². The summed E-state index contributed by atoms with van der Waals surface area (Å²) >= 11 is 0. The smallest absolute Gasteiger partial charge is 0.243 e. The molecular formula is C24H28N4O4S. The molecule has 2 heterocycles. The third-order valence-corrected chi connectivity index (χ3v) is 7.72. The molecule has 1 aliphatic rings. The van der Waals surface area contributed by atoms with Gasteiger partial charge in [0.2, 0.25) is 27.6 Å². The highest BCUT2D eigenvalue weighted by Crippen LogP contribution is 2.30. The second kappa shape index (κ2) is 9.07. The predicted octanol–water partition coefficient (Wildman–Crippen LogP) is 3.98. The van der Waals surface area contributed by atoms with Gasteiger partial charge in [0.25, 0.3) is 0 Å². The molecule has 2 aromatic carbocycles. The molecule has 0 spiro atoms. The predicted molar refractivity (Wildman–Crippen MR) is 125 cm³/mol. The highest BCUT2D eigenvalue weighted by Gasteiger charge is 2.27. The molecule has 0 saturated carbocycles. The van der Waals surface area contributed by atoms with Crippen molar-refractivity contribution in [3.05, 3.63) is 59.5 Å². The van der Waals surface area contributed by atoms with Gasteiger partial charge >= 0.3 is 0 Å². The molecule has 1 aromatic heterocycles. The van der Waals surface area contributed by atoms with E-state index in [0.717, 1.165) is 29.7 Å². The average molecular weight is 469 g/mol. The van der Waals surface area contributed by atoms with Crippen molar-refractivity contribution < 1.29 is 17.7 Å². The minimum absolute atomic E-state index is 0.0456. The Hall–Kier alpha value is -3.04. The molecule has 1 amide bonds. The van der Waals surface area contributed by atoms with Gasteiger partial charge in [0.1, 0.15) is 0 Å². The molecule has 0 unspecified atom stereocenters. The number of rotatable bonds is 6. The molecule has 33 heavy (non-hydrogen) atoms. The Bertz CT molecular complexity index is 1270. The van der Waals surface area contributed by atoms with E-state index in [4.69, 9.17) is 4.52 Å². The molecule has 174 valence electrons. The summed E-state index contributed by atoms with van der Waals surface area (Å²) in [5.74, 6) is 1.01. The van der Waals surface area contributed by atoms with Crippen LogP contribution >= 0.6 is 0 Å². The van der Waals surface area contributed by atoms with Crippen molar-refractivity contribution in [3.8, 4) is 11.4 Å². The van der Waals surface area contributed by atoms with Crippen molar-refractivity contribution >= 4 is 21.6 Å². The molecule has 3 aromatic rings. The van der Waals surface area contributed by atoms with Gasteiger partial charge in [-0.1, -0.05) is 43.3 Å². The number of sulfonamides is 1. The molecule has 0 aliphatic carbocycles. The van der Waals surface area contributed by atoms with Gasteiger partial charge in [-0.25, -0.2) is 8.42 Å². The summed E-state index contributed by atoms with van der Waals surface area (Å²) in [6.07, 6.45) is 1.53. The Kier molecular flexibility index (Phi) is 6.36. The molecule has 0 saturated heterocycles. The molecule has 9 heteroatoms. The van der Waals surface area contributed by atoms with Crippen LogP contribution in [0, 0.1) is 0 Å². The van der Waals surface area contributed by atoms with Crippen molar-refractivity contribution in [1.82, 2.24) is 14.4 Å². The van der Waals surface area contributed by atoms with Crippen LogP contribution in [-0.2, 0) is 27.8 Å². The summed E-state index contributed by atoms with van der Waals surface area (Å²) in [5, 5.41) is 4.01. The van der Waals surface area contributed by atoms with Crippen LogP contribution in [0.1, 0.15) is 50.1 Å². The van der Waals surface area contributed by atoms with Crippen LogP contribution in [0.5, 0.6) is 0 Å². The fourth-order valence-corrected chi connectivity index (χ4v) is 5.14. The van der Waals surface area contributed by atoms with E-state index in [1.165, 1.54) is 23.8 Å². The number of carbonyl (C=O) groups is 1. The van der Waals surface area contributed by atoms with E-state index in [0.29, 0.717) is 18.3 Å². The number of benzene rings is 2. The van der Waals surface area contributed by atoms with E-state index < -0.39 is 10.0 Å². The Morgan fingerprint density at radius 3 is 2.58 bits per heavy atom. The van der Waals surface area contributed by atoms with Crippen LogP contribution in [0.15, 0.2) is 51.9 Å². The van der Waals surface area contributed by atoms with Crippen LogP contribution in [0.3, 0.4) is 0 Å². The molecule has 0 fully saturated rings. The number of aryl methyl sites for hydroxylation is 1. The van der Waals surface area contributed by atoms with E-state index in [2.05, 4.69) is 24.0 Å². The molecule has 8 nitrogen and oxygen atoms in total. The van der Waals surface area contributed by atoms with E-state index in [1.54, 1.807) is 23.1 Å². The van der Waals surface area contributed by atoms with Gasteiger partial charge in [-0.2, -0.15) is 9.29 Å². The molecule has 0 radical (unpaired) electrons. The summed E-state index contributed by atoms with van der Waals surface area (Å²) in [7, 11) is -2.29. The fourth-order valence-electron chi connectivity index (χ4n) is 3.97. The molecule has 0 atom stereocenters.